The Morgan fingerprint density at radius 2 is 2.00 bits per heavy atom. The van der Waals surface area contributed by atoms with Crippen LogP contribution in [-0.4, -0.2) is 72.1 Å². The lowest BCUT2D eigenvalue weighted by atomic mass is 9.81. The van der Waals surface area contributed by atoms with Crippen molar-refractivity contribution in [2.75, 3.05) is 40.3 Å². The number of rotatable bonds is 5. The van der Waals surface area contributed by atoms with E-state index in [1.807, 2.05) is 12.1 Å². The molecule has 25 heavy (non-hydrogen) atoms. The Labute approximate surface area is 148 Å². The number of aryl methyl sites for hydroxylation is 1. The van der Waals surface area contributed by atoms with Crippen LogP contribution in [0, 0.1) is 11.3 Å². The molecule has 0 radical (unpaired) electrons. The van der Waals surface area contributed by atoms with Crippen LogP contribution in [0.3, 0.4) is 0 Å². The third kappa shape index (κ3) is 3.25. The van der Waals surface area contributed by atoms with E-state index in [1.54, 1.807) is 19.0 Å². The molecule has 0 aromatic carbocycles. The third-order valence-corrected chi connectivity index (χ3v) is 5.35. The number of furan rings is 1. The summed E-state index contributed by atoms with van der Waals surface area (Å²) in [4.78, 5) is 29.6. The molecule has 138 valence electrons. The van der Waals surface area contributed by atoms with Gasteiger partial charge in [0, 0.05) is 52.6 Å². The number of carboxylic acids is 1. The van der Waals surface area contributed by atoms with E-state index < -0.39 is 11.4 Å². The molecule has 2 saturated heterocycles. The number of nitrogens with zero attached hydrogens (tertiary/aromatic N) is 3. The molecule has 0 saturated carbocycles. The number of fused-ring (bicyclic) bond motifs is 1. The highest BCUT2D eigenvalue weighted by atomic mass is 16.4. The predicted molar refractivity (Wildman–Crippen MR) is 92.2 cm³/mol. The van der Waals surface area contributed by atoms with Gasteiger partial charge >= 0.3 is 12.0 Å². The fraction of sp³-hybridized carbons (Fsp3) is 0.667. The van der Waals surface area contributed by atoms with Gasteiger partial charge in [0.2, 0.25) is 0 Å². The van der Waals surface area contributed by atoms with E-state index >= 15 is 0 Å². The maximum Gasteiger partial charge on any atom is 0.319 e. The Hall–Kier alpha value is -2.02. The number of hydrogen-bond donors (Lipinski definition) is 1. The van der Waals surface area contributed by atoms with Crippen LogP contribution in [0.1, 0.15) is 24.9 Å². The average Bonchev–Trinajstić information content (AvgIpc) is 3.20. The quantitative estimate of drug-likeness (QED) is 0.876. The van der Waals surface area contributed by atoms with Gasteiger partial charge in [0.25, 0.3) is 0 Å². The number of amides is 2. The first-order chi connectivity index (χ1) is 11.9. The molecule has 3 rings (SSSR count). The molecule has 0 aliphatic carbocycles. The largest absolute Gasteiger partial charge is 0.481 e. The highest BCUT2D eigenvalue weighted by Crippen LogP contribution is 2.43. The van der Waals surface area contributed by atoms with Crippen molar-refractivity contribution in [2.24, 2.45) is 11.3 Å². The number of carbonyl (C=O) groups is 2. The number of aliphatic carboxylic acids is 1. The number of hydrogen-bond acceptors (Lipinski definition) is 4. The standard InChI is InChI=1S/C18H27N3O4/c1-4-5-14-6-7-15(25-14)10-20-8-13-9-21(17(24)19(2)3)12-18(13,11-20)16(22)23/h6-7,13H,4-5,8-12H2,1-3H3,(H,22,23)/t13-,18-/m1/s1. The predicted octanol–water partition coefficient (Wildman–Crippen LogP) is 1.73. The molecule has 2 aliphatic rings. The highest BCUT2D eigenvalue weighted by molar-refractivity contribution is 5.80. The highest BCUT2D eigenvalue weighted by Gasteiger charge is 2.58. The molecule has 1 N–H and O–H groups in total. The van der Waals surface area contributed by atoms with Gasteiger partial charge in [-0.25, -0.2) is 4.79 Å². The SMILES string of the molecule is CCCc1ccc(CN2C[C@@H]3CN(C(=O)N(C)C)C[C@]3(C(=O)O)C2)o1. The minimum Gasteiger partial charge on any atom is -0.481 e. The fourth-order valence-corrected chi connectivity index (χ4v) is 4.13. The topological polar surface area (TPSA) is 77.2 Å². The molecular formula is C18H27N3O4. The van der Waals surface area contributed by atoms with Gasteiger partial charge in [-0.05, 0) is 18.6 Å². The molecule has 1 aromatic heterocycles. The summed E-state index contributed by atoms with van der Waals surface area (Å²) in [6.45, 7) is 4.64. The number of urea groups is 1. The maximum absolute atomic E-state index is 12.2. The molecule has 2 fully saturated rings. The first-order valence-electron chi connectivity index (χ1n) is 8.85. The third-order valence-electron chi connectivity index (χ3n) is 5.35. The maximum atomic E-state index is 12.2. The molecule has 1 aromatic rings. The summed E-state index contributed by atoms with van der Waals surface area (Å²) < 4.78 is 5.83. The van der Waals surface area contributed by atoms with Crippen LogP contribution in [0.2, 0.25) is 0 Å². The number of carboxylic acid groups (broad SMARTS) is 1. The first kappa shape index (κ1) is 17.8. The zero-order valence-electron chi connectivity index (χ0n) is 15.2. The monoisotopic (exact) mass is 349 g/mol. The van der Waals surface area contributed by atoms with Crippen molar-refractivity contribution in [3.05, 3.63) is 23.7 Å². The number of carbonyl (C=O) groups excluding carboxylic acids is 1. The van der Waals surface area contributed by atoms with Crippen molar-refractivity contribution in [3.8, 4) is 0 Å². The van der Waals surface area contributed by atoms with E-state index in [4.69, 9.17) is 4.42 Å². The van der Waals surface area contributed by atoms with Gasteiger partial charge < -0.3 is 19.3 Å². The van der Waals surface area contributed by atoms with E-state index in [0.29, 0.717) is 26.2 Å². The van der Waals surface area contributed by atoms with Crippen LogP contribution < -0.4 is 0 Å². The second-order valence-corrected chi connectivity index (χ2v) is 7.50. The molecule has 3 heterocycles. The van der Waals surface area contributed by atoms with Crippen LogP contribution in [0.4, 0.5) is 4.79 Å². The molecule has 2 atom stereocenters. The molecule has 0 unspecified atom stereocenters. The molecule has 7 nitrogen and oxygen atoms in total. The van der Waals surface area contributed by atoms with E-state index in [-0.39, 0.29) is 18.5 Å². The summed E-state index contributed by atoms with van der Waals surface area (Å²) in [5, 5.41) is 9.87. The van der Waals surface area contributed by atoms with Crippen LogP contribution in [0.15, 0.2) is 16.5 Å². The van der Waals surface area contributed by atoms with Gasteiger partial charge in [0.05, 0.1) is 6.54 Å². The van der Waals surface area contributed by atoms with Crippen LogP contribution in [0.25, 0.3) is 0 Å². The molecule has 0 bridgehead atoms. The minimum atomic E-state index is -0.871. The van der Waals surface area contributed by atoms with Crippen molar-refractivity contribution in [2.45, 2.75) is 26.3 Å². The normalized spacial score (nSPS) is 26.0. The summed E-state index contributed by atoms with van der Waals surface area (Å²) in [6, 6.07) is 3.87. The van der Waals surface area contributed by atoms with E-state index in [9.17, 15) is 14.7 Å². The van der Waals surface area contributed by atoms with Gasteiger partial charge in [-0.2, -0.15) is 0 Å². The van der Waals surface area contributed by atoms with E-state index in [2.05, 4.69) is 11.8 Å². The Morgan fingerprint density at radius 3 is 2.60 bits per heavy atom. The second-order valence-electron chi connectivity index (χ2n) is 7.50. The van der Waals surface area contributed by atoms with Gasteiger partial charge in [-0.3, -0.25) is 9.69 Å². The molecule has 0 spiro atoms. The first-order valence-corrected chi connectivity index (χ1v) is 8.85. The van der Waals surface area contributed by atoms with E-state index in [1.165, 1.54) is 4.90 Å². The van der Waals surface area contributed by atoms with Crippen molar-refractivity contribution in [1.82, 2.24) is 14.7 Å². The Balaban J connectivity index is 1.69. The van der Waals surface area contributed by atoms with Crippen molar-refractivity contribution >= 4 is 12.0 Å². The van der Waals surface area contributed by atoms with Gasteiger partial charge in [0.1, 0.15) is 16.9 Å². The van der Waals surface area contributed by atoms with Gasteiger partial charge in [-0.1, -0.05) is 6.92 Å². The summed E-state index contributed by atoms with van der Waals surface area (Å²) in [6.07, 6.45) is 1.96. The summed E-state index contributed by atoms with van der Waals surface area (Å²) in [7, 11) is 3.39. The van der Waals surface area contributed by atoms with Crippen LogP contribution in [0.5, 0.6) is 0 Å². The zero-order valence-corrected chi connectivity index (χ0v) is 15.2. The zero-order chi connectivity index (χ0) is 18.2. The molecule has 7 heteroatoms. The summed E-state index contributed by atoms with van der Waals surface area (Å²) >= 11 is 0. The van der Waals surface area contributed by atoms with Crippen molar-refractivity contribution in [3.63, 3.8) is 0 Å². The minimum absolute atomic E-state index is 0.0426. The van der Waals surface area contributed by atoms with E-state index in [0.717, 1.165) is 24.4 Å². The summed E-state index contributed by atoms with van der Waals surface area (Å²) in [5.41, 5.74) is -0.871. The van der Waals surface area contributed by atoms with Crippen molar-refractivity contribution < 1.29 is 19.1 Å². The molecule has 2 amide bonds. The smallest absolute Gasteiger partial charge is 0.319 e. The van der Waals surface area contributed by atoms with Crippen LogP contribution >= 0.6 is 0 Å². The number of likely N-dealkylation sites (tertiary alicyclic amines) is 2. The van der Waals surface area contributed by atoms with Gasteiger partial charge in [0.15, 0.2) is 0 Å². The van der Waals surface area contributed by atoms with Gasteiger partial charge in [-0.15, -0.1) is 0 Å². The lowest BCUT2D eigenvalue weighted by Crippen LogP contribution is -2.44. The average molecular weight is 349 g/mol. The molecular weight excluding hydrogens is 322 g/mol. The van der Waals surface area contributed by atoms with Crippen molar-refractivity contribution in [1.29, 1.82) is 0 Å². The summed E-state index contributed by atoms with van der Waals surface area (Å²) in [5.74, 6) is 1.01. The Morgan fingerprint density at radius 1 is 1.28 bits per heavy atom. The second kappa shape index (κ2) is 6.71. The molecule has 2 aliphatic heterocycles. The Bertz CT molecular complexity index is 657. The lowest BCUT2D eigenvalue weighted by molar-refractivity contribution is -0.148. The lowest BCUT2D eigenvalue weighted by Gasteiger charge is -2.26. The Kier molecular flexibility index (Phi) is 4.77. The fourth-order valence-electron chi connectivity index (χ4n) is 4.13. The van der Waals surface area contributed by atoms with Crippen LogP contribution in [-0.2, 0) is 17.8 Å².